The summed E-state index contributed by atoms with van der Waals surface area (Å²) in [6.07, 6.45) is 9.24. The number of benzene rings is 2. The van der Waals surface area contributed by atoms with E-state index in [1.165, 1.54) is 56.2 Å². The van der Waals surface area contributed by atoms with E-state index in [9.17, 15) is 14.4 Å². The van der Waals surface area contributed by atoms with Crippen LogP contribution in [0.1, 0.15) is 49.7 Å². The molecular formula is C27H24Cl2N2O3. The van der Waals surface area contributed by atoms with Crippen LogP contribution in [0.5, 0.6) is 0 Å². The summed E-state index contributed by atoms with van der Waals surface area (Å²) in [4.78, 5) is 39.4. The van der Waals surface area contributed by atoms with Gasteiger partial charge in [0, 0.05) is 10.0 Å². The number of imide groups is 2. The average Bonchev–Trinajstić information content (AvgIpc) is 2.77. The lowest BCUT2D eigenvalue weighted by Crippen LogP contribution is -2.54. The Balaban J connectivity index is 1.30. The highest BCUT2D eigenvalue weighted by molar-refractivity contribution is 6.40. The predicted molar refractivity (Wildman–Crippen MR) is 132 cm³/mol. The smallest absolute Gasteiger partial charge is 0.273 e. The number of carbonyl (C=O) groups excluding carboxylic acids is 3. The number of halogens is 2. The third-order valence-electron chi connectivity index (χ3n) is 8.14. The van der Waals surface area contributed by atoms with Gasteiger partial charge in [0.15, 0.2) is 0 Å². The normalized spacial score (nSPS) is 31.4. The van der Waals surface area contributed by atoms with E-state index in [2.05, 4.69) is 17.4 Å². The zero-order valence-electron chi connectivity index (χ0n) is 18.5. The summed E-state index contributed by atoms with van der Waals surface area (Å²) in [6, 6.07) is 11.8. The fourth-order valence-electron chi connectivity index (χ4n) is 7.09. The second kappa shape index (κ2) is 7.96. The summed E-state index contributed by atoms with van der Waals surface area (Å²) in [6.45, 7) is 0. The molecule has 5 nitrogen and oxygen atoms in total. The molecule has 7 rings (SSSR count). The molecule has 1 saturated heterocycles. The molecule has 174 valence electrons. The zero-order valence-corrected chi connectivity index (χ0v) is 20.0. The van der Waals surface area contributed by atoms with Gasteiger partial charge in [0.2, 0.25) is 0 Å². The van der Waals surface area contributed by atoms with Gasteiger partial charge in [-0.15, -0.1) is 0 Å². The Morgan fingerprint density at radius 2 is 1.50 bits per heavy atom. The Bertz CT molecular complexity index is 1220. The Morgan fingerprint density at radius 3 is 2.09 bits per heavy atom. The number of nitrogens with one attached hydrogen (secondary N) is 1. The summed E-state index contributed by atoms with van der Waals surface area (Å²) < 4.78 is 0. The molecule has 4 amide bonds. The monoisotopic (exact) mass is 494 g/mol. The van der Waals surface area contributed by atoms with Crippen molar-refractivity contribution < 1.29 is 14.4 Å². The van der Waals surface area contributed by atoms with E-state index >= 15 is 0 Å². The van der Waals surface area contributed by atoms with Gasteiger partial charge in [-0.2, -0.15) is 0 Å². The van der Waals surface area contributed by atoms with Gasteiger partial charge in [-0.3, -0.25) is 14.9 Å². The van der Waals surface area contributed by atoms with E-state index in [0.29, 0.717) is 21.3 Å². The molecule has 5 fully saturated rings. The largest absolute Gasteiger partial charge is 0.335 e. The maximum Gasteiger partial charge on any atom is 0.335 e. The molecule has 1 heterocycles. The second-order valence-electron chi connectivity index (χ2n) is 10.4. The highest BCUT2D eigenvalue weighted by Gasteiger charge is 2.51. The minimum atomic E-state index is -0.753. The minimum Gasteiger partial charge on any atom is -0.273 e. The molecule has 4 aliphatic carbocycles. The summed E-state index contributed by atoms with van der Waals surface area (Å²) >= 11 is 12.2. The first-order valence-corrected chi connectivity index (χ1v) is 12.5. The molecule has 2 aromatic rings. The van der Waals surface area contributed by atoms with Crippen LogP contribution in [-0.4, -0.2) is 17.8 Å². The first kappa shape index (κ1) is 21.9. The van der Waals surface area contributed by atoms with E-state index in [4.69, 9.17) is 23.2 Å². The van der Waals surface area contributed by atoms with Crippen LogP contribution in [0.3, 0.4) is 0 Å². The summed E-state index contributed by atoms with van der Waals surface area (Å²) in [5.41, 5.74) is 2.29. The van der Waals surface area contributed by atoms with Crippen molar-refractivity contribution in [2.45, 2.75) is 43.9 Å². The van der Waals surface area contributed by atoms with Crippen molar-refractivity contribution in [3.63, 3.8) is 0 Å². The zero-order chi connectivity index (χ0) is 23.6. The van der Waals surface area contributed by atoms with Crippen molar-refractivity contribution in [1.29, 1.82) is 0 Å². The first-order valence-electron chi connectivity index (χ1n) is 11.8. The van der Waals surface area contributed by atoms with Crippen molar-refractivity contribution >= 4 is 52.8 Å². The third-order valence-corrected chi connectivity index (χ3v) is 8.70. The van der Waals surface area contributed by atoms with Gasteiger partial charge >= 0.3 is 6.03 Å². The van der Waals surface area contributed by atoms with Crippen molar-refractivity contribution in [2.24, 2.45) is 17.8 Å². The van der Waals surface area contributed by atoms with E-state index in [1.807, 2.05) is 12.1 Å². The lowest BCUT2D eigenvalue weighted by molar-refractivity contribution is -0.122. The molecule has 7 heteroatoms. The minimum absolute atomic E-state index is 0.158. The molecule has 0 atom stereocenters. The van der Waals surface area contributed by atoms with Gasteiger partial charge in [-0.25, -0.2) is 9.69 Å². The fourth-order valence-corrected chi connectivity index (χ4v) is 7.56. The molecule has 34 heavy (non-hydrogen) atoms. The lowest BCUT2D eigenvalue weighted by Gasteiger charge is -2.57. The number of nitrogens with zero attached hydrogens (tertiary/aromatic N) is 1. The van der Waals surface area contributed by atoms with E-state index < -0.39 is 17.8 Å². The van der Waals surface area contributed by atoms with Crippen molar-refractivity contribution in [2.75, 3.05) is 4.90 Å². The van der Waals surface area contributed by atoms with Crippen LogP contribution in [-0.2, 0) is 15.0 Å². The number of urea groups is 1. The van der Waals surface area contributed by atoms with Gasteiger partial charge in [-0.1, -0.05) is 41.4 Å². The van der Waals surface area contributed by atoms with Gasteiger partial charge in [0.1, 0.15) is 5.57 Å². The Hall–Kier alpha value is -2.63. The summed E-state index contributed by atoms with van der Waals surface area (Å²) in [5, 5.41) is 3.03. The molecule has 1 aliphatic heterocycles. The molecular weight excluding hydrogens is 471 g/mol. The molecule has 1 N–H and O–H groups in total. The van der Waals surface area contributed by atoms with Gasteiger partial charge in [0.25, 0.3) is 11.8 Å². The first-order chi connectivity index (χ1) is 16.3. The number of anilines is 1. The molecule has 0 unspecified atom stereocenters. The molecule has 0 spiro atoms. The highest BCUT2D eigenvalue weighted by Crippen LogP contribution is 2.60. The van der Waals surface area contributed by atoms with E-state index in [-0.39, 0.29) is 11.0 Å². The predicted octanol–water partition coefficient (Wildman–Crippen LogP) is 6.13. The van der Waals surface area contributed by atoms with Crippen LogP contribution in [0.25, 0.3) is 6.08 Å². The molecule has 0 aromatic heterocycles. The Morgan fingerprint density at radius 1 is 0.882 bits per heavy atom. The number of rotatable bonds is 3. The average molecular weight is 495 g/mol. The maximum atomic E-state index is 13.2. The van der Waals surface area contributed by atoms with Gasteiger partial charge in [0.05, 0.1) is 5.69 Å². The summed E-state index contributed by atoms with van der Waals surface area (Å²) in [7, 11) is 0. The maximum absolute atomic E-state index is 13.2. The SMILES string of the molecule is O=C1NC(=O)N(c2ccc(C34CC5CC(CC(C5)C3)C4)cc2)C(=O)/C1=C/c1ccc(Cl)cc1Cl. The van der Waals surface area contributed by atoms with Crippen LogP contribution >= 0.6 is 23.2 Å². The van der Waals surface area contributed by atoms with Crippen LogP contribution in [0, 0.1) is 17.8 Å². The third kappa shape index (κ3) is 3.57. The second-order valence-corrected chi connectivity index (χ2v) is 11.2. The molecule has 4 saturated carbocycles. The highest BCUT2D eigenvalue weighted by atomic mass is 35.5. The molecule has 5 aliphatic rings. The topological polar surface area (TPSA) is 66.5 Å². The number of hydrogen-bond donors (Lipinski definition) is 1. The van der Waals surface area contributed by atoms with Crippen LogP contribution in [0.4, 0.5) is 10.5 Å². The Labute approximate surface area is 208 Å². The van der Waals surface area contributed by atoms with Crippen molar-refractivity contribution in [1.82, 2.24) is 5.32 Å². The van der Waals surface area contributed by atoms with Crippen molar-refractivity contribution in [3.8, 4) is 0 Å². The quantitative estimate of drug-likeness (QED) is 0.412. The van der Waals surface area contributed by atoms with Gasteiger partial charge in [-0.05, 0) is 103 Å². The summed E-state index contributed by atoms with van der Waals surface area (Å²) in [5.74, 6) is 1.07. The Kier molecular flexibility index (Phi) is 5.12. The number of hydrogen-bond acceptors (Lipinski definition) is 3. The molecule has 0 radical (unpaired) electrons. The van der Waals surface area contributed by atoms with Gasteiger partial charge < -0.3 is 0 Å². The lowest BCUT2D eigenvalue weighted by atomic mass is 9.48. The van der Waals surface area contributed by atoms with Crippen molar-refractivity contribution in [3.05, 3.63) is 69.2 Å². The van der Waals surface area contributed by atoms with Crippen LogP contribution in [0.2, 0.25) is 10.0 Å². The van der Waals surface area contributed by atoms with Crippen LogP contribution < -0.4 is 10.2 Å². The fraction of sp³-hybridized carbons (Fsp3) is 0.370. The number of carbonyl (C=O) groups is 3. The standard InChI is InChI=1S/C27H24Cl2N2O3/c28-20-4-1-18(23(29)11-20)10-22-24(32)30-26(34)31(25(22)33)21-5-2-19(3-6-21)27-12-15-7-16(13-27)9-17(8-15)14-27/h1-6,10-11,15-17H,7-9,12-14H2,(H,30,32,34)/b22-10+. The van der Waals surface area contributed by atoms with E-state index in [0.717, 1.165) is 22.7 Å². The molecule has 2 aromatic carbocycles. The molecule has 4 bridgehead atoms. The van der Waals surface area contributed by atoms with E-state index in [1.54, 1.807) is 12.1 Å². The number of barbiturate groups is 1. The van der Waals surface area contributed by atoms with Crippen LogP contribution in [0.15, 0.2) is 48.0 Å². The number of amides is 4.